The molecule has 1 N–H and O–H groups in total. The lowest BCUT2D eigenvalue weighted by Gasteiger charge is -2.32. The summed E-state index contributed by atoms with van der Waals surface area (Å²) < 4.78 is 7.72. The van der Waals surface area contributed by atoms with E-state index < -0.39 is 0 Å². The van der Waals surface area contributed by atoms with Gasteiger partial charge in [-0.3, -0.25) is 0 Å². The molecule has 0 amide bonds. The number of hydrogen-bond acceptors (Lipinski definition) is 4. The SMILES string of the molecule is CCNC1CCOCC1n1nc(CC)nc1CC. The second-order valence-corrected chi connectivity index (χ2v) is 4.69. The standard InChI is InChI=1S/C13H24N4O/c1-4-12-15-13(5-2)17(16-12)11-9-18-8-7-10(11)14-6-3/h10-11,14H,4-9H2,1-3H3. The minimum Gasteiger partial charge on any atom is -0.379 e. The van der Waals surface area contributed by atoms with E-state index in [4.69, 9.17) is 4.74 Å². The molecule has 0 spiro atoms. The van der Waals surface area contributed by atoms with Gasteiger partial charge >= 0.3 is 0 Å². The molecule has 1 fully saturated rings. The molecule has 0 bridgehead atoms. The van der Waals surface area contributed by atoms with Gasteiger partial charge in [-0.1, -0.05) is 20.8 Å². The van der Waals surface area contributed by atoms with Crippen LogP contribution in [0.1, 0.15) is 44.9 Å². The Kier molecular flexibility index (Phi) is 4.72. The van der Waals surface area contributed by atoms with Crippen LogP contribution >= 0.6 is 0 Å². The Balaban J connectivity index is 2.23. The number of nitrogens with zero attached hydrogens (tertiary/aromatic N) is 3. The van der Waals surface area contributed by atoms with Crippen molar-refractivity contribution in [2.45, 2.75) is 52.1 Å². The Bertz CT molecular complexity index is 375. The van der Waals surface area contributed by atoms with Crippen molar-refractivity contribution in [3.05, 3.63) is 11.6 Å². The summed E-state index contributed by atoms with van der Waals surface area (Å²) in [6.45, 7) is 8.93. The van der Waals surface area contributed by atoms with Gasteiger partial charge in [0.15, 0.2) is 5.82 Å². The number of aryl methyl sites for hydroxylation is 2. The van der Waals surface area contributed by atoms with Crippen molar-refractivity contribution in [2.24, 2.45) is 0 Å². The van der Waals surface area contributed by atoms with Gasteiger partial charge in [-0.15, -0.1) is 0 Å². The first-order valence-electron chi connectivity index (χ1n) is 7.05. The van der Waals surface area contributed by atoms with Gasteiger partial charge in [-0.2, -0.15) is 5.10 Å². The van der Waals surface area contributed by atoms with Crippen molar-refractivity contribution in [1.29, 1.82) is 0 Å². The summed E-state index contributed by atoms with van der Waals surface area (Å²) in [6.07, 6.45) is 2.85. The average molecular weight is 252 g/mol. The molecule has 0 aromatic carbocycles. The van der Waals surface area contributed by atoms with Crippen molar-refractivity contribution in [3.63, 3.8) is 0 Å². The Hall–Kier alpha value is -0.940. The third-order valence-corrected chi connectivity index (χ3v) is 3.48. The topological polar surface area (TPSA) is 52.0 Å². The number of likely N-dealkylation sites (N-methyl/N-ethyl adjacent to an activating group) is 1. The first-order valence-corrected chi connectivity index (χ1v) is 7.05. The summed E-state index contributed by atoms with van der Waals surface area (Å²) in [5.74, 6) is 2.01. The molecule has 1 saturated heterocycles. The monoisotopic (exact) mass is 252 g/mol. The van der Waals surface area contributed by atoms with Crippen LogP contribution in [0, 0.1) is 0 Å². The number of nitrogens with one attached hydrogen (secondary N) is 1. The number of rotatable bonds is 5. The second kappa shape index (κ2) is 6.29. The smallest absolute Gasteiger partial charge is 0.150 e. The fourth-order valence-electron chi connectivity index (χ4n) is 2.53. The van der Waals surface area contributed by atoms with E-state index in [-0.39, 0.29) is 6.04 Å². The molecule has 2 unspecified atom stereocenters. The summed E-state index contributed by atoms with van der Waals surface area (Å²) >= 11 is 0. The van der Waals surface area contributed by atoms with Crippen molar-refractivity contribution in [3.8, 4) is 0 Å². The molecule has 1 aliphatic rings. The van der Waals surface area contributed by atoms with Gasteiger partial charge in [0.1, 0.15) is 5.82 Å². The van der Waals surface area contributed by atoms with Crippen LogP contribution in [0.3, 0.4) is 0 Å². The van der Waals surface area contributed by atoms with E-state index in [0.29, 0.717) is 6.04 Å². The van der Waals surface area contributed by atoms with Crippen LogP contribution in [0.5, 0.6) is 0 Å². The maximum Gasteiger partial charge on any atom is 0.150 e. The third kappa shape index (κ3) is 2.72. The molecule has 0 radical (unpaired) electrons. The highest BCUT2D eigenvalue weighted by molar-refractivity contribution is 4.98. The Morgan fingerprint density at radius 3 is 2.83 bits per heavy atom. The molecule has 1 aromatic heterocycles. The van der Waals surface area contributed by atoms with Crippen LogP contribution in [-0.4, -0.2) is 40.6 Å². The fourth-order valence-corrected chi connectivity index (χ4v) is 2.53. The number of ether oxygens (including phenoxy) is 1. The normalized spacial score (nSPS) is 24.4. The third-order valence-electron chi connectivity index (χ3n) is 3.48. The van der Waals surface area contributed by atoms with Crippen molar-refractivity contribution < 1.29 is 4.74 Å². The van der Waals surface area contributed by atoms with Gasteiger partial charge in [-0.05, 0) is 13.0 Å². The molecule has 5 nitrogen and oxygen atoms in total. The average Bonchev–Trinajstić information content (AvgIpc) is 2.83. The predicted octanol–water partition coefficient (Wildman–Crippen LogP) is 1.34. The quantitative estimate of drug-likeness (QED) is 0.859. The minimum absolute atomic E-state index is 0.279. The summed E-state index contributed by atoms with van der Waals surface area (Å²) in [5, 5.41) is 8.18. The molecule has 0 saturated carbocycles. The fraction of sp³-hybridized carbons (Fsp3) is 0.846. The molecule has 18 heavy (non-hydrogen) atoms. The lowest BCUT2D eigenvalue weighted by atomic mass is 10.0. The van der Waals surface area contributed by atoms with Gasteiger partial charge in [0, 0.05) is 25.5 Å². The van der Waals surface area contributed by atoms with Crippen LogP contribution in [0.2, 0.25) is 0 Å². The zero-order chi connectivity index (χ0) is 13.0. The van der Waals surface area contributed by atoms with Crippen LogP contribution in [0.25, 0.3) is 0 Å². The lowest BCUT2D eigenvalue weighted by molar-refractivity contribution is 0.0318. The van der Waals surface area contributed by atoms with Gasteiger partial charge in [0.25, 0.3) is 0 Å². The second-order valence-electron chi connectivity index (χ2n) is 4.69. The van der Waals surface area contributed by atoms with E-state index >= 15 is 0 Å². The molecular weight excluding hydrogens is 228 g/mol. The molecule has 1 aromatic rings. The first kappa shape index (κ1) is 13.5. The molecule has 102 valence electrons. The molecule has 5 heteroatoms. The number of aromatic nitrogens is 3. The highest BCUT2D eigenvalue weighted by Gasteiger charge is 2.29. The largest absolute Gasteiger partial charge is 0.379 e. The maximum atomic E-state index is 5.63. The van der Waals surface area contributed by atoms with Crippen LogP contribution in [0.15, 0.2) is 0 Å². The van der Waals surface area contributed by atoms with E-state index in [1.165, 1.54) is 0 Å². The summed E-state index contributed by atoms with van der Waals surface area (Å²) in [5.41, 5.74) is 0. The van der Waals surface area contributed by atoms with Gasteiger partial charge in [0.2, 0.25) is 0 Å². The van der Waals surface area contributed by atoms with E-state index in [9.17, 15) is 0 Å². The van der Waals surface area contributed by atoms with Crippen LogP contribution < -0.4 is 5.32 Å². The number of hydrogen-bond donors (Lipinski definition) is 1. The first-order chi connectivity index (χ1) is 8.80. The van der Waals surface area contributed by atoms with E-state index in [2.05, 4.69) is 40.9 Å². The van der Waals surface area contributed by atoms with Crippen LogP contribution in [-0.2, 0) is 17.6 Å². The van der Waals surface area contributed by atoms with Crippen molar-refractivity contribution in [1.82, 2.24) is 20.1 Å². The van der Waals surface area contributed by atoms with Crippen LogP contribution in [0.4, 0.5) is 0 Å². The molecule has 0 aliphatic carbocycles. The Morgan fingerprint density at radius 2 is 2.17 bits per heavy atom. The minimum atomic E-state index is 0.279. The van der Waals surface area contributed by atoms with Crippen molar-refractivity contribution in [2.75, 3.05) is 19.8 Å². The van der Waals surface area contributed by atoms with E-state index in [1.807, 2.05) is 0 Å². The highest BCUT2D eigenvalue weighted by Crippen LogP contribution is 2.21. The summed E-state index contributed by atoms with van der Waals surface area (Å²) in [6, 6.07) is 0.724. The van der Waals surface area contributed by atoms with E-state index in [0.717, 1.165) is 50.7 Å². The van der Waals surface area contributed by atoms with E-state index in [1.54, 1.807) is 0 Å². The molecule has 2 rings (SSSR count). The maximum absolute atomic E-state index is 5.63. The molecular formula is C13H24N4O. The zero-order valence-electron chi connectivity index (χ0n) is 11.6. The molecule has 1 aliphatic heterocycles. The van der Waals surface area contributed by atoms with Crippen molar-refractivity contribution >= 4 is 0 Å². The Labute approximate surface area is 109 Å². The van der Waals surface area contributed by atoms with Gasteiger partial charge in [0.05, 0.1) is 12.6 Å². The predicted molar refractivity (Wildman–Crippen MR) is 70.7 cm³/mol. The Morgan fingerprint density at radius 1 is 1.33 bits per heavy atom. The summed E-state index contributed by atoms with van der Waals surface area (Å²) in [7, 11) is 0. The highest BCUT2D eigenvalue weighted by atomic mass is 16.5. The van der Waals surface area contributed by atoms with Gasteiger partial charge < -0.3 is 10.1 Å². The zero-order valence-corrected chi connectivity index (χ0v) is 11.6. The molecule has 2 atom stereocenters. The summed E-state index contributed by atoms with van der Waals surface area (Å²) in [4.78, 5) is 4.59. The lowest BCUT2D eigenvalue weighted by Crippen LogP contribution is -2.44. The van der Waals surface area contributed by atoms with Gasteiger partial charge in [-0.25, -0.2) is 9.67 Å². The molecule has 2 heterocycles.